The van der Waals surface area contributed by atoms with E-state index in [1.165, 1.54) is 24.5 Å². The standard InChI is InChI=1S/C10H7F2N3O3/c11-10(12)18-7-3-1-2-6(8(7)9(16)17)15-13-4-5-14-15/h1-5,10H,(H,16,17). The monoisotopic (exact) mass is 255 g/mol. The minimum Gasteiger partial charge on any atom is -0.477 e. The van der Waals surface area contributed by atoms with Crippen LogP contribution in [0.4, 0.5) is 8.78 Å². The molecule has 0 spiro atoms. The molecule has 0 unspecified atom stereocenters. The molecule has 8 heteroatoms. The molecule has 0 aliphatic carbocycles. The van der Waals surface area contributed by atoms with Gasteiger partial charge in [-0.05, 0) is 12.1 Å². The number of carboxylic acids is 1. The van der Waals surface area contributed by atoms with Crippen molar-refractivity contribution in [3.63, 3.8) is 0 Å². The normalized spacial score (nSPS) is 10.6. The second-order valence-electron chi connectivity index (χ2n) is 3.15. The Bertz CT molecular complexity index is 558. The van der Waals surface area contributed by atoms with E-state index in [0.29, 0.717) is 0 Å². The molecule has 94 valence electrons. The van der Waals surface area contributed by atoms with Crippen molar-refractivity contribution in [2.24, 2.45) is 0 Å². The molecule has 2 aromatic rings. The van der Waals surface area contributed by atoms with E-state index in [0.717, 1.165) is 10.9 Å². The lowest BCUT2D eigenvalue weighted by Gasteiger charge is -2.11. The van der Waals surface area contributed by atoms with Gasteiger partial charge in [0.15, 0.2) is 0 Å². The second-order valence-corrected chi connectivity index (χ2v) is 3.15. The van der Waals surface area contributed by atoms with Crippen LogP contribution in [0.3, 0.4) is 0 Å². The molecule has 0 saturated carbocycles. The average molecular weight is 255 g/mol. The minimum absolute atomic E-state index is 0.0469. The van der Waals surface area contributed by atoms with Crippen molar-refractivity contribution in [1.29, 1.82) is 0 Å². The zero-order chi connectivity index (χ0) is 13.1. The lowest BCUT2D eigenvalue weighted by Crippen LogP contribution is -2.12. The summed E-state index contributed by atoms with van der Waals surface area (Å²) in [5.41, 5.74) is -0.375. The summed E-state index contributed by atoms with van der Waals surface area (Å²) in [5, 5.41) is 16.6. The van der Waals surface area contributed by atoms with Gasteiger partial charge in [-0.1, -0.05) is 6.07 Å². The summed E-state index contributed by atoms with van der Waals surface area (Å²) in [6.07, 6.45) is 2.68. The van der Waals surface area contributed by atoms with E-state index in [-0.39, 0.29) is 5.69 Å². The van der Waals surface area contributed by atoms with Gasteiger partial charge in [-0.15, -0.1) is 0 Å². The Morgan fingerprint density at radius 2 is 2.00 bits per heavy atom. The fraction of sp³-hybridized carbons (Fsp3) is 0.100. The summed E-state index contributed by atoms with van der Waals surface area (Å²) in [6.45, 7) is -3.11. The Hall–Kier alpha value is -2.51. The Balaban J connectivity index is 2.56. The molecule has 1 aromatic heterocycles. The van der Waals surface area contributed by atoms with Crippen LogP contribution in [0.1, 0.15) is 10.4 Å². The molecule has 0 bridgehead atoms. The average Bonchev–Trinajstić information content (AvgIpc) is 2.80. The highest BCUT2D eigenvalue weighted by atomic mass is 19.3. The maximum Gasteiger partial charge on any atom is 0.387 e. The molecule has 6 nitrogen and oxygen atoms in total. The number of halogens is 2. The number of ether oxygens (including phenoxy) is 1. The number of hydrogen-bond acceptors (Lipinski definition) is 4. The Kier molecular flexibility index (Phi) is 3.18. The van der Waals surface area contributed by atoms with Crippen LogP contribution in [-0.2, 0) is 0 Å². The highest BCUT2D eigenvalue weighted by molar-refractivity contribution is 5.95. The molecule has 0 amide bonds. The lowest BCUT2D eigenvalue weighted by atomic mass is 10.1. The zero-order valence-electron chi connectivity index (χ0n) is 8.83. The number of nitrogens with zero attached hydrogens (tertiary/aromatic N) is 3. The number of hydrogen-bond donors (Lipinski definition) is 1. The maximum atomic E-state index is 12.2. The third kappa shape index (κ3) is 2.26. The van der Waals surface area contributed by atoms with E-state index >= 15 is 0 Å². The fourth-order valence-electron chi connectivity index (χ4n) is 1.44. The zero-order valence-corrected chi connectivity index (χ0v) is 8.83. The van der Waals surface area contributed by atoms with Crippen molar-refractivity contribution >= 4 is 5.97 Å². The maximum absolute atomic E-state index is 12.2. The lowest BCUT2D eigenvalue weighted by molar-refractivity contribution is -0.0503. The van der Waals surface area contributed by atoms with Crippen molar-refractivity contribution in [3.8, 4) is 11.4 Å². The molecular formula is C10H7F2N3O3. The summed E-state index contributed by atoms with van der Waals surface area (Å²) in [7, 11) is 0. The van der Waals surface area contributed by atoms with Crippen molar-refractivity contribution in [1.82, 2.24) is 15.0 Å². The van der Waals surface area contributed by atoms with Crippen molar-refractivity contribution < 1.29 is 23.4 Å². The van der Waals surface area contributed by atoms with Gasteiger partial charge in [0.05, 0.1) is 12.4 Å². The first kappa shape index (κ1) is 12.0. The second kappa shape index (κ2) is 4.78. The number of carboxylic acid groups (broad SMARTS) is 1. The van der Waals surface area contributed by atoms with Crippen molar-refractivity contribution in [2.45, 2.75) is 6.61 Å². The van der Waals surface area contributed by atoms with Gasteiger partial charge < -0.3 is 9.84 Å². The summed E-state index contributed by atoms with van der Waals surface area (Å²) < 4.78 is 28.5. The van der Waals surface area contributed by atoms with E-state index in [1.807, 2.05) is 0 Å². The summed E-state index contributed by atoms with van der Waals surface area (Å²) >= 11 is 0. The van der Waals surface area contributed by atoms with E-state index in [4.69, 9.17) is 5.11 Å². The van der Waals surface area contributed by atoms with Gasteiger partial charge in [-0.2, -0.15) is 23.8 Å². The van der Waals surface area contributed by atoms with E-state index in [2.05, 4.69) is 14.9 Å². The predicted molar refractivity (Wildman–Crippen MR) is 55.0 cm³/mol. The first-order valence-electron chi connectivity index (χ1n) is 4.77. The smallest absolute Gasteiger partial charge is 0.387 e. The molecule has 0 atom stereocenters. The Morgan fingerprint density at radius 1 is 1.33 bits per heavy atom. The van der Waals surface area contributed by atoms with Gasteiger partial charge in [0.2, 0.25) is 0 Å². The fourth-order valence-corrected chi connectivity index (χ4v) is 1.44. The number of carbonyl (C=O) groups is 1. The Morgan fingerprint density at radius 3 is 2.56 bits per heavy atom. The van der Waals surface area contributed by atoms with Crippen LogP contribution in [0.2, 0.25) is 0 Å². The number of aromatic nitrogens is 3. The van der Waals surface area contributed by atoms with E-state index in [1.54, 1.807) is 0 Å². The van der Waals surface area contributed by atoms with Gasteiger partial charge in [0.25, 0.3) is 0 Å². The largest absolute Gasteiger partial charge is 0.477 e. The quantitative estimate of drug-likeness (QED) is 0.897. The molecule has 1 aromatic carbocycles. The van der Waals surface area contributed by atoms with Gasteiger partial charge >= 0.3 is 12.6 Å². The number of benzene rings is 1. The van der Waals surface area contributed by atoms with Gasteiger partial charge in [-0.25, -0.2) is 4.79 Å². The topological polar surface area (TPSA) is 77.2 Å². The van der Waals surface area contributed by atoms with Gasteiger partial charge in [0.1, 0.15) is 17.0 Å². The summed E-state index contributed by atoms with van der Waals surface area (Å²) in [6, 6.07) is 3.91. The number of aromatic carboxylic acids is 1. The van der Waals surface area contributed by atoms with Crippen LogP contribution in [0.25, 0.3) is 5.69 Å². The molecule has 1 N–H and O–H groups in total. The van der Waals surface area contributed by atoms with Crippen LogP contribution in [-0.4, -0.2) is 32.7 Å². The third-order valence-corrected chi connectivity index (χ3v) is 2.07. The van der Waals surface area contributed by atoms with Crippen molar-refractivity contribution in [2.75, 3.05) is 0 Å². The molecule has 0 aliphatic rings. The molecule has 2 rings (SSSR count). The SMILES string of the molecule is O=C(O)c1c(OC(F)F)cccc1-n1nccn1. The molecule has 0 saturated heterocycles. The molecule has 1 heterocycles. The van der Waals surface area contributed by atoms with Crippen molar-refractivity contribution in [3.05, 3.63) is 36.2 Å². The number of rotatable bonds is 4. The molecule has 0 radical (unpaired) electrons. The molecule has 0 fully saturated rings. The highest BCUT2D eigenvalue weighted by Crippen LogP contribution is 2.26. The Labute approximate surface area is 99.4 Å². The van der Waals surface area contributed by atoms with Gasteiger partial charge in [-0.3, -0.25) is 0 Å². The first-order valence-corrected chi connectivity index (χ1v) is 4.77. The first-order chi connectivity index (χ1) is 8.59. The minimum atomic E-state index is -3.11. The predicted octanol–water partition coefficient (Wildman–Crippen LogP) is 1.57. The molecule has 18 heavy (non-hydrogen) atoms. The van der Waals surface area contributed by atoms with Crippen LogP contribution >= 0.6 is 0 Å². The number of alkyl halides is 2. The third-order valence-electron chi connectivity index (χ3n) is 2.07. The van der Waals surface area contributed by atoms with Crippen LogP contribution in [0, 0.1) is 0 Å². The van der Waals surface area contributed by atoms with Crippen LogP contribution in [0.15, 0.2) is 30.6 Å². The van der Waals surface area contributed by atoms with Gasteiger partial charge in [0, 0.05) is 0 Å². The summed E-state index contributed by atoms with van der Waals surface area (Å²) in [4.78, 5) is 12.1. The van der Waals surface area contributed by atoms with Crippen LogP contribution < -0.4 is 4.74 Å². The highest BCUT2D eigenvalue weighted by Gasteiger charge is 2.21. The van der Waals surface area contributed by atoms with E-state index < -0.39 is 23.9 Å². The molecular weight excluding hydrogens is 248 g/mol. The van der Waals surface area contributed by atoms with Crippen LogP contribution in [0.5, 0.6) is 5.75 Å². The van der Waals surface area contributed by atoms with E-state index in [9.17, 15) is 13.6 Å². The molecule has 0 aliphatic heterocycles. The summed E-state index contributed by atoms with van der Waals surface area (Å²) in [5.74, 6) is -1.84.